The molecule has 0 aliphatic carbocycles. The molecule has 7 heteroatoms. The molecule has 2 aromatic rings. The van der Waals surface area contributed by atoms with Crippen molar-refractivity contribution in [1.29, 1.82) is 0 Å². The van der Waals surface area contributed by atoms with E-state index in [0.29, 0.717) is 36.8 Å². The predicted octanol–water partition coefficient (Wildman–Crippen LogP) is 4.64. The summed E-state index contributed by atoms with van der Waals surface area (Å²) in [5, 5.41) is 11.2. The molecule has 0 bridgehead atoms. The van der Waals surface area contributed by atoms with Crippen LogP contribution in [0.15, 0.2) is 54.1 Å². The minimum Gasteiger partial charge on any atom is -0.507 e. The lowest BCUT2D eigenvalue weighted by Gasteiger charge is -2.28. The first-order valence-corrected chi connectivity index (χ1v) is 12.3. The second-order valence-corrected chi connectivity index (χ2v) is 8.71. The molecule has 1 N–H and O–H groups in total. The third-order valence-electron chi connectivity index (χ3n) is 6.10. The van der Waals surface area contributed by atoms with E-state index < -0.39 is 17.7 Å². The zero-order chi connectivity index (χ0) is 25.5. The van der Waals surface area contributed by atoms with E-state index in [2.05, 4.69) is 18.7 Å². The molecule has 1 atom stereocenters. The van der Waals surface area contributed by atoms with E-state index in [4.69, 9.17) is 9.47 Å². The van der Waals surface area contributed by atoms with Gasteiger partial charge in [-0.1, -0.05) is 26.0 Å². The van der Waals surface area contributed by atoms with Crippen molar-refractivity contribution < 1.29 is 24.2 Å². The van der Waals surface area contributed by atoms with Crippen LogP contribution < -0.4 is 9.47 Å². The van der Waals surface area contributed by atoms with Gasteiger partial charge in [-0.2, -0.15) is 0 Å². The van der Waals surface area contributed by atoms with Crippen molar-refractivity contribution in [3.63, 3.8) is 0 Å². The van der Waals surface area contributed by atoms with Crippen molar-refractivity contribution >= 4 is 17.4 Å². The molecule has 3 rings (SSSR count). The number of hydrogen-bond acceptors (Lipinski definition) is 6. The van der Waals surface area contributed by atoms with Crippen LogP contribution in [0.25, 0.3) is 5.76 Å². The van der Waals surface area contributed by atoms with Crippen LogP contribution in [0.4, 0.5) is 0 Å². The molecule has 35 heavy (non-hydrogen) atoms. The molecule has 0 saturated carbocycles. The van der Waals surface area contributed by atoms with E-state index in [1.165, 1.54) is 0 Å². The Bertz CT molecular complexity index is 1040. The van der Waals surface area contributed by atoms with Gasteiger partial charge in [-0.25, -0.2) is 0 Å². The van der Waals surface area contributed by atoms with Gasteiger partial charge in [-0.15, -0.1) is 0 Å². The standard InChI is InChI=1S/C28H36N2O5/c1-6-29(7-2)17-18-30-25(20-9-15-23(16-10-20)35-19(4)5)24(27(32)28(30)33)26(31)21-11-13-22(14-12-21)34-8-3/h9-16,19,25,31H,6-8,17-18H2,1-5H3/b26-24+/t25-/m1/s1. The fourth-order valence-electron chi connectivity index (χ4n) is 4.28. The molecule has 1 aliphatic rings. The number of rotatable bonds is 11. The lowest BCUT2D eigenvalue weighted by molar-refractivity contribution is -0.140. The van der Waals surface area contributed by atoms with Gasteiger partial charge in [0.15, 0.2) is 0 Å². The van der Waals surface area contributed by atoms with E-state index >= 15 is 0 Å². The molecule has 2 aromatic carbocycles. The summed E-state index contributed by atoms with van der Waals surface area (Å²) >= 11 is 0. The van der Waals surface area contributed by atoms with Crippen molar-refractivity contribution in [2.45, 2.75) is 46.8 Å². The molecule has 1 aliphatic heterocycles. The summed E-state index contributed by atoms with van der Waals surface area (Å²) in [6.45, 7) is 13.2. The van der Waals surface area contributed by atoms with Crippen LogP contribution >= 0.6 is 0 Å². The molecule has 1 heterocycles. The quantitative estimate of drug-likeness (QED) is 0.287. The highest BCUT2D eigenvalue weighted by atomic mass is 16.5. The maximum atomic E-state index is 13.2. The molecule has 7 nitrogen and oxygen atoms in total. The van der Waals surface area contributed by atoms with Crippen LogP contribution in [0, 0.1) is 0 Å². The first-order chi connectivity index (χ1) is 16.8. The zero-order valence-corrected chi connectivity index (χ0v) is 21.3. The van der Waals surface area contributed by atoms with Crippen molar-refractivity contribution in [2.75, 3.05) is 32.8 Å². The molecular formula is C28H36N2O5. The van der Waals surface area contributed by atoms with Gasteiger partial charge in [0.05, 0.1) is 24.3 Å². The molecule has 1 fully saturated rings. The molecule has 0 radical (unpaired) electrons. The first-order valence-electron chi connectivity index (χ1n) is 12.3. The van der Waals surface area contributed by atoms with Crippen LogP contribution in [0.3, 0.4) is 0 Å². The summed E-state index contributed by atoms with van der Waals surface area (Å²) in [6.07, 6.45) is 0.0280. The Morgan fingerprint density at radius 3 is 2.11 bits per heavy atom. The Morgan fingerprint density at radius 1 is 0.971 bits per heavy atom. The first kappa shape index (κ1) is 26.3. The minimum absolute atomic E-state index is 0.0280. The highest BCUT2D eigenvalue weighted by molar-refractivity contribution is 6.46. The highest BCUT2D eigenvalue weighted by Gasteiger charge is 2.46. The topological polar surface area (TPSA) is 79.3 Å². The van der Waals surface area contributed by atoms with E-state index in [1.54, 1.807) is 29.2 Å². The lowest BCUT2D eigenvalue weighted by atomic mass is 9.95. The van der Waals surface area contributed by atoms with E-state index in [1.807, 2.05) is 45.0 Å². The normalized spacial score (nSPS) is 17.5. The van der Waals surface area contributed by atoms with Crippen molar-refractivity contribution in [3.8, 4) is 11.5 Å². The SMILES string of the molecule is CCOc1ccc(/C(O)=C2\C(=O)C(=O)N(CCN(CC)CC)[C@@H]2c2ccc(OC(C)C)cc2)cc1. The number of likely N-dealkylation sites (N-methyl/N-ethyl adjacent to an activating group) is 1. The number of amides is 1. The summed E-state index contributed by atoms with van der Waals surface area (Å²) in [4.78, 5) is 30.1. The molecule has 0 unspecified atom stereocenters. The summed E-state index contributed by atoms with van der Waals surface area (Å²) in [5.74, 6) is -0.0961. The Balaban J connectivity index is 2.04. The average molecular weight is 481 g/mol. The number of carbonyl (C=O) groups is 2. The van der Waals surface area contributed by atoms with Gasteiger partial charge in [-0.05, 0) is 75.8 Å². The molecule has 188 valence electrons. The number of carbonyl (C=O) groups excluding carboxylic acids is 2. The third kappa shape index (κ3) is 6.03. The Morgan fingerprint density at radius 2 is 1.57 bits per heavy atom. The number of ketones is 1. The number of ether oxygens (including phenoxy) is 2. The maximum absolute atomic E-state index is 13.2. The number of aliphatic hydroxyl groups is 1. The van der Waals surface area contributed by atoms with Gasteiger partial charge in [0, 0.05) is 18.7 Å². The summed E-state index contributed by atoms with van der Waals surface area (Å²) in [6, 6.07) is 13.5. The largest absolute Gasteiger partial charge is 0.507 e. The number of likely N-dealkylation sites (tertiary alicyclic amines) is 1. The number of Topliss-reactive ketones (excluding diaryl/α,β-unsaturated/α-hetero) is 1. The fourth-order valence-corrected chi connectivity index (χ4v) is 4.28. The monoisotopic (exact) mass is 480 g/mol. The maximum Gasteiger partial charge on any atom is 0.295 e. The molecule has 1 amide bonds. The third-order valence-corrected chi connectivity index (χ3v) is 6.10. The second kappa shape index (κ2) is 11.9. The van der Waals surface area contributed by atoms with Crippen LogP contribution in [-0.4, -0.2) is 65.5 Å². The van der Waals surface area contributed by atoms with Crippen molar-refractivity contribution in [2.24, 2.45) is 0 Å². The zero-order valence-electron chi connectivity index (χ0n) is 21.3. The lowest BCUT2D eigenvalue weighted by Crippen LogP contribution is -2.38. The van der Waals surface area contributed by atoms with Gasteiger partial charge in [0.1, 0.15) is 17.3 Å². The van der Waals surface area contributed by atoms with Gasteiger partial charge in [0.2, 0.25) is 0 Å². The van der Waals surface area contributed by atoms with Gasteiger partial charge >= 0.3 is 0 Å². The van der Waals surface area contributed by atoms with Crippen molar-refractivity contribution in [1.82, 2.24) is 9.80 Å². The van der Waals surface area contributed by atoms with Gasteiger partial charge < -0.3 is 24.4 Å². The summed E-state index contributed by atoms with van der Waals surface area (Å²) in [5.41, 5.74) is 1.29. The number of aliphatic hydroxyl groups excluding tert-OH is 1. The Kier molecular flexibility index (Phi) is 8.93. The highest BCUT2D eigenvalue weighted by Crippen LogP contribution is 2.40. The van der Waals surface area contributed by atoms with Crippen LogP contribution in [0.2, 0.25) is 0 Å². The summed E-state index contributed by atoms with van der Waals surface area (Å²) < 4.78 is 11.2. The number of hydrogen-bond donors (Lipinski definition) is 1. The van der Waals surface area contributed by atoms with Crippen LogP contribution in [0.1, 0.15) is 51.8 Å². The Hall–Kier alpha value is -3.32. The number of benzene rings is 2. The molecule has 0 spiro atoms. The summed E-state index contributed by atoms with van der Waals surface area (Å²) in [7, 11) is 0. The molecule has 0 aromatic heterocycles. The average Bonchev–Trinajstić information content (AvgIpc) is 3.10. The smallest absolute Gasteiger partial charge is 0.295 e. The van der Waals surface area contributed by atoms with E-state index in [0.717, 1.165) is 18.7 Å². The number of nitrogens with zero attached hydrogens (tertiary/aromatic N) is 2. The predicted molar refractivity (Wildman–Crippen MR) is 137 cm³/mol. The van der Waals surface area contributed by atoms with Crippen molar-refractivity contribution in [3.05, 3.63) is 65.2 Å². The second-order valence-electron chi connectivity index (χ2n) is 8.71. The van der Waals surface area contributed by atoms with E-state index in [9.17, 15) is 14.7 Å². The molecule has 1 saturated heterocycles. The molecular weight excluding hydrogens is 444 g/mol. The Labute approximate surface area is 207 Å². The van der Waals surface area contributed by atoms with Crippen LogP contribution in [0.5, 0.6) is 11.5 Å². The minimum atomic E-state index is -0.690. The van der Waals surface area contributed by atoms with E-state index in [-0.39, 0.29) is 17.4 Å². The van der Waals surface area contributed by atoms with Gasteiger partial charge in [0.25, 0.3) is 11.7 Å². The van der Waals surface area contributed by atoms with Gasteiger partial charge in [-0.3, -0.25) is 9.59 Å². The van der Waals surface area contributed by atoms with Crippen LogP contribution in [-0.2, 0) is 9.59 Å². The fraction of sp³-hybridized carbons (Fsp3) is 0.429.